The molecule has 0 saturated heterocycles. The molecule has 0 aliphatic carbocycles. The molecule has 0 bridgehead atoms. The van der Waals surface area contributed by atoms with Crippen LogP contribution in [-0.4, -0.2) is 0 Å². The third-order valence-corrected chi connectivity index (χ3v) is 4.68. The number of rotatable bonds is 7. The summed E-state index contributed by atoms with van der Waals surface area (Å²) in [4.78, 5) is 0. The van der Waals surface area contributed by atoms with Gasteiger partial charge in [-0.15, -0.1) is 0 Å². The lowest BCUT2D eigenvalue weighted by Gasteiger charge is -2.28. The molecule has 0 aromatic heterocycles. The normalized spacial score (nSPS) is 14.2. The Bertz CT molecular complexity index is 557. The Kier molecular flexibility index (Phi) is 9.76. The van der Waals surface area contributed by atoms with E-state index in [1.807, 2.05) is 4.08 Å². The SMILES string of the molecule is C=C(/C=C(/C)C(C)=C(C)C)C(C)(C)C(/C=C/C(C)C)=C/C=C\I. The van der Waals surface area contributed by atoms with Crippen molar-refractivity contribution in [2.75, 3.05) is 0 Å². The van der Waals surface area contributed by atoms with Crippen molar-refractivity contribution in [1.82, 2.24) is 0 Å². The number of hydrogen-bond donors (Lipinski definition) is 0. The molecule has 0 aliphatic heterocycles. The van der Waals surface area contributed by atoms with Crippen LogP contribution in [0.25, 0.3) is 0 Å². The third kappa shape index (κ3) is 7.52. The monoisotopic (exact) mass is 424 g/mol. The molecule has 0 aliphatic rings. The summed E-state index contributed by atoms with van der Waals surface area (Å²) in [7, 11) is 0. The number of allylic oxidation sites excluding steroid dienone is 10. The predicted octanol–water partition coefficient (Wildman–Crippen LogP) is 7.96. The van der Waals surface area contributed by atoms with Gasteiger partial charge in [0.2, 0.25) is 0 Å². The van der Waals surface area contributed by atoms with Crippen LogP contribution in [0.2, 0.25) is 0 Å². The first-order valence-corrected chi connectivity index (χ1v) is 9.46. The van der Waals surface area contributed by atoms with E-state index >= 15 is 0 Å². The molecule has 0 spiro atoms. The molecule has 0 radical (unpaired) electrons. The first kappa shape index (κ1) is 22.2. The van der Waals surface area contributed by atoms with Gasteiger partial charge >= 0.3 is 0 Å². The highest BCUT2D eigenvalue weighted by Gasteiger charge is 2.24. The van der Waals surface area contributed by atoms with Gasteiger partial charge in [-0.1, -0.05) is 92.8 Å². The van der Waals surface area contributed by atoms with Crippen LogP contribution in [0.3, 0.4) is 0 Å². The van der Waals surface area contributed by atoms with Crippen molar-refractivity contribution in [1.29, 1.82) is 0 Å². The fourth-order valence-electron chi connectivity index (χ4n) is 2.04. The van der Waals surface area contributed by atoms with Crippen LogP contribution >= 0.6 is 22.6 Å². The van der Waals surface area contributed by atoms with Crippen molar-refractivity contribution in [2.45, 2.75) is 55.4 Å². The average molecular weight is 424 g/mol. The first-order chi connectivity index (χ1) is 10.5. The fraction of sp³-hybridized carbons (Fsp3) is 0.455. The van der Waals surface area contributed by atoms with E-state index in [-0.39, 0.29) is 5.41 Å². The van der Waals surface area contributed by atoms with Gasteiger partial charge in [0.25, 0.3) is 0 Å². The summed E-state index contributed by atoms with van der Waals surface area (Å²) < 4.78 is 2.04. The van der Waals surface area contributed by atoms with Crippen molar-refractivity contribution in [3.05, 3.63) is 68.9 Å². The summed E-state index contributed by atoms with van der Waals surface area (Å²) >= 11 is 2.25. The summed E-state index contributed by atoms with van der Waals surface area (Å²) in [6.07, 6.45) is 11.0. The maximum atomic E-state index is 4.36. The van der Waals surface area contributed by atoms with Crippen LogP contribution < -0.4 is 0 Å². The minimum absolute atomic E-state index is 0.106. The summed E-state index contributed by atoms with van der Waals surface area (Å²) in [5.41, 5.74) is 6.30. The van der Waals surface area contributed by atoms with E-state index in [2.05, 4.69) is 115 Å². The molecule has 0 aromatic rings. The molecule has 0 N–H and O–H groups in total. The molecule has 0 unspecified atom stereocenters. The quantitative estimate of drug-likeness (QED) is 0.287. The van der Waals surface area contributed by atoms with Crippen molar-refractivity contribution >= 4 is 22.6 Å². The summed E-state index contributed by atoms with van der Waals surface area (Å²) in [5, 5.41) is 0. The second-order valence-corrected chi connectivity index (χ2v) is 7.87. The lowest BCUT2D eigenvalue weighted by molar-refractivity contribution is 0.566. The Morgan fingerprint density at radius 1 is 1.09 bits per heavy atom. The lowest BCUT2D eigenvalue weighted by atomic mass is 9.76. The average Bonchev–Trinajstić information content (AvgIpc) is 2.45. The van der Waals surface area contributed by atoms with E-state index in [1.165, 1.54) is 22.3 Å². The topological polar surface area (TPSA) is 0 Å². The van der Waals surface area contributed by atoms with E-state index in [0.29, 0.717) is 5.92 Å². The van der Waals surface area contributed by atoms with Crippen molar-refractivity contribution in [3.63, 3.8) is 0 Å². The Labute approximate surface area is 158 Å². The maximum absolute atomic E-state index is 4.36. The van der Waals surface area contributed by atoms with Gasteiger partial charge in [-0.3, -0.25) is 0 Å². The molecular weight excluding hydrogens is 391 g/mol. The van der Waals surface area contributed by atoms with Gasteiger partial charge in [0.15, 0.2) is 0 Å². The lowest BCUT2D eigenvalue weighted by Crippen LogP contribution is -2.16. The molecular formula is C22H33I. The van der Waals surface area contributed by atoms with Gasteiger partial charge < -0.3 is 0 Å². The molecule has 0 nitrogen and oxygen atoms in total. The molecule has 1 heteroatoms. The van der Waals surface area contributed by atoms with Gasteiger partial charge in [0.1, 0.15) is 0 Å². The largest absolute Gasteiger partial charge is 0.0949 e. The van der Waals surface area contributed by atoms with Gasteiger partial charge in [-0.25, -0.2) is 0 Å². The van der Waals surface area contributed by atoms with Gasteiger partial charge in [0, 0.05) is 5.41 Å². The number of hydrogen-bond acceptors (Lipinski definition) is 0. The van der Waals surface area contributed by atoms with Gasteiger partial charge in [-0.2, -0.15) is 0 Å². The highest BCUT2D eigenvalue weighted by molar-refractivity contribution is 14.1. The van der Waals surface area contributed by atoms with Crippen LogP contribution in [-0.2, 0) is 0 Å². The summed E-state index contributed by atoms with van der Waals surface area (Å²) in [6, 6.07) is 0. The summed E-state index contributed by atoms with van der Waals surface area (Å²) in [6.45, 7) is 21.9. The predicted molar refractivity (Wildman–Crippen MR) is 116 cm³/mol. The van der Waals surface area contributed by atoms with Crippen LogP contribution in [0.1, 0.15) is 55.4 Å². The second-order valence-electron chi connectivity index (χ2n) is 7.15. The smallest absolute Gasteiger partial charge is 0.0140 e. The molecule has 0 heterocycles. The Morgan fingerprint density at radius 2 is 1.65 bits per heavy atom. The van der Waals surface area contributed by atoms with E-state index < -0.39 is 0 Å². The van der Waals surface area contributed by atoms with E-state index in [4.69, 9.17) is 0 Å². The van der Waals surface area contributed by atoms with Crippen LogP contribution in [0.15, 0.2) is 68.9 Å². The van der Waals surface area contributed by atoms with E-state index in [9.17, 15) is 0 Å². The zero-order chi connectivity index (χ0) is 18.2. The molecule has 0 aromatic carbocycles. The highest BCUT2D eigenvalue weighted by Crippen LogP contribution is 2.37. The third-order valence-electron chi connectivity index (χ3n) is 4.27. The van der Waals surface area contributed by atoms with Crippen LogP contribution in [0, 0.1) is 11.3 Å². The highest BCUT2D eigenvalue weighted by atomic mass is 127. The van der Waals surface area contributed by atoms with Crippen LogP contribution in [0.4, 0.5) is 0 Å². The Balaban J connectivity index is 5.75. The van der Waals surface area contributed by atoms with Gasteiger partial charge in [0.05, 0.1) is 0 Å². The van der Waals surface area contributed by atoms with Crippen molar-refractivity contribution < 1.29 is 0 Å². The van der Waals surface area contributed by atoms with Crippen LogP contribution in [0.5, 0.6) is 0 Å². The van der Waals surface area contributed by atoms with E-state index in [0.717, 1.165) is 5.57 Å². The minimum atomic E-state index is -0.106. The van der Waals surface area contributed by atoms with Gasteiger partial charge in [-0.05, 0) is 60.0 Å². The molecule has 0 saturated carbocycles. The number of halogens is 1. The first-order valence-electron chi connectivity index (χ1n) is 8.21. The summed E-state index contributed by atoms with van der Waals surface area (Å²) in [5.74, 6) is 0.538. The molecule has 128 valence electrons. The second kappa shape index (κ2) is 10.1. The molecule has 23 heavy (non-hydrogen) atoms. The minimum Gasteiger partial charge on any atom is -0.0949 e. The van der Waals surface area contributed by atoms with Crippen molar-refractivity contribution in [2.24, 2.45) is 11.3 Å². The van der Waals surface area contributed by atoms with E-state index in [1.54, 1.807) is 0 Å². The molecule has 0 fully saturated rings. The zero-order valence-corrected chi connectivity index (χ0v) is 18.3. The molecule has 0 amide bonds. The Hall–Kier alpha value is -0.830. The molecule has 0 rings (SSSR count). The standard InChI is InChI=1S/C22H33I/c1-16(2)12-13-21(11-10-14-23)22(8,9)19(6)15-18(5)20(7)17(3)4/h10-16H,6H2,1-5,7-9H3/b13-12+,14-10-,18-15-,21-11+. The maximum Gasteiger partial charge on any atom is 0.0140 e. The fourth-order valence-corrected chi connectivity index (χ4v) is 2.25. The Morgan fingerprint density at radius 3 is 2.09 bits per heavy atom. The van der Waals surface area contributed by atoms with Crippen molar-refractivity contribution in [3.8, 4) is 0 Å². The zero-order valence-electron chi connectivity index (χ0n) is 16.1. The molecule has 0 atom stereocenters.